The Morgan fingerprint density at radius 1 is 1.10 bits per heavy atom. The Morgan fingerprint density at radius 2 is 1.83 bits per heavy atom. The van der Waals surface area contributed by atoms with Crippen LogP contribution in [-0.2, 0) is 9.59 Å². The average molecular weight is 396 g/mol. The number of hydrogen-bond acceptors (Lipinski definition) is 6. The van der Waals surface area contributed by atoms with Crippen LogP contribution in [0.2, 0.25) is 0 Å². The van der Waals surface area contributed by atoms with E-state index in [-0.39, 0.29) is 24.4 Å². The van der Waals surface area contributed by atoms with Crippen molar-refractivity contribution in [3.8, 4) is 17.2 Å². The Morgan fingerprint density at radius 3 is 2.48 bits per heavy atom. The zero-order chi connectivity index (χ0) is 20.8. The van der Waals surface area contributed by atoms with E-state index in [0.29, 0.717) is 22.8 Å². The highest BCUT2D eigenvalue weighted by Gasteiger charge is 2.32. The molecule has 2 aromatic carbocycles. The molecule has 0 unspecified atom stereocenters. The van der Waals surface area contributed by atoms with Gasteiger partial charge in [-0.2, -0.15) is 5.10 Å². The lowest BCUT2D eigenvalue weighted by atomic mass is 10.1. The highest BCUT2D eigenvalue weighted by atomic mass is 16.6. The van der Waals surface area contributed by atoms with E-state index in [1.807, 2.05) is 32.0 Å². The number of methoxy groups -OCH3 is 1. The molecule has 0 saturated heterocycles. The molecule has 0 aliphatic heterocycles. The summed E-state index contributed by atoms with van der Waals surface area (Å²) in [5.41, 5.74) is 5.24. The van der Waals surface area contributed by atoms with Gasteiger partial charge in [0.25, 0.3) is 5.91 Å². The van der Waals surface area contributed by atoms with Gasteiger partial charge < -0.3 is 14.2 Å². The summed E-state index contributed by atoms with van der Waals surface area (Å²) in [5, 5.41) is 3.93. The Balaban J connectivity index is 1.52. The first-order valence-electron chi connectivity index (χ1n) is 9.37. The number of esters is 1. The van der Waals surface area contributed by atoms with Crippen molar-refractivity contribution in [3.63, 3.8) is 0 Å². The Kier molecular flexibility index (Phi) is 6.49. The molecule has 0 bridgehead atoms. The highest BCUT2D eigenvalue weighted by molar-refractivity contribution is 5.84. The van der Waals surface area contributed by atoms with Crippen LogP contribution in [0.1, 0.15) is 29.5 Å². The Hall–Kier alpha value is -3.35. The molecule has 7 nitrogen and oxygen atoms in total. The van der Waals surface area contributed by atoms with E-state index in [1.54, 1.807) is 18.2 Å². The first kappa shape index (κ1) is 20.4. The fourth-order valence-corrected chi connectivity index (χ4v) is 2.74. The van der Waals surface area contributed by atoms with Gasteiger partial charge in [0.1, 0.15) is 5.75 Å². The molecule has 1 fully saturated rings. The number of nitrogens with zero attached hydrogens (tertiary/aromatic N) is 1. The summed E-state index contributed by atoms with van der Waals surface area (Å²) in [6.07, 6.45) is 3.22. The van der Waals surface area contributed by atoms with E-state index >= 15 is 0 Å². The number of benzene rings is 2. The molecule has 0 atom stereocenters. The van der Waals surface area contributed by atoms with Crippen LogP contribution in [-0.4, -0.2) is 31.8 Å². The second-order valence-corrected chi connectivity index (χ2v) is 7.01. The van der Waals surface area contributed by atoms with E-state index < -0.39 is 0 Å². The number of hydrazone groups is 1. The summed E-state index contributed by atoms with van der Waals surface area (Å²) in [6, 6.07) is 10.8. The zero-order valence-electron chi connectivity index (χ0n) is 16.7. The fourth-order valence-electron chi connectivity index (χ4n) is 2.74. The summed E-state index contributed by atoms with van der Waals surface area (Å²) in [6.45, 7) is 3.80. The fraction of sp³-hybridized carbons (Fsp3) is 0.318. The molecule has 0 heterocycles. The van der Waals surface area contributed by atoms with Crippen LogP contribution in [0, 0.1) is 19.8 Å². The summed E-state index contributed by atoms with van der Waals surface area (Å²) in [5.74, 6) is 0.827. The van der Waals surface area contributed by atoms with Gasteiger partial charge in [-0.15, -0.1) is 0 Å². The van der Waals surface area contributed by atoms with Gasteiger partial charge in [-0.1, -0.05) is 6.07 Å². The van der Waals surface area contributed by atoms with Gasteiger partial charge in [0.2, 0.25) is 0 Å². The number of carbonyl (C=O) groups excluding carboxylic acids is 2. The zero-order valence-corrected chi connectivity index (χ0v) is 16.7. The molecule has 1 saturated carbocycles. The molecule has 1 amide bonds. The third kappa shape index (κ3) is 6.07. The third-order valence-corrected chi connectivity index (χ3v) is 4.28. The number of amides is 1. The molecule has 0 aromatic heterocycles. The monoisotopic (exact) mass is 396 g/mol. The quantitative estimate of drug-likeness (QED) is 0.321. The molecule has 152 valence electrons. The number of rotatable bonds is 8. The van der Waals surface area contributed by atoms with Crippen LogP contribution in [0.5, 0.6) is 17.2 Å². The largest absolute Gasteiger partial charge is 0.493 e. The van der Waals surface area contributed by atoms with Crippen molar-refractivity contribution >= 4 is 18.1 Å². The predicted molar refractivity (Wildman–Crippen MR) is 109 cm³/mol. The number of hydrogen-bond donors (Lipinski definition) is 1. The minimum absolute atomic E-state index is 0.00194. The van der Waals surface area contributed by atoms with Crippen LogP contribution >= 0.6 is 0 Å². The summed E-state index contributed by atoms with van der Waals surface area (Å²) in [4.78, 5) is 23.7. The van der Waals surface area contributed by atoms with Crippen molar-refractivity contribution in [1.29, 1.82) is 0 Å². The molecule has 1 N–H and O–H groups in total. The van der Waals surface area contributed by atoms with Gasteiger partial charge in [-0.25, -0.2) is 5.43 Å². The molecule has 3 rings (SSSR count). The lowest BCUT2D eigenvalue weighted by molar-refractivity contribution is -0.135. The number of nitrogens with one attached hydrogen (secondary N) is 1. The van der Waals surface area contributed by atoms with Crippen molar-refractivity contribution in [3.05, 3.63) is 53.1 Å². The SMILES string of the molecule is COc1cc(/C=N\NC(=O)COc2cc(C)cc(C)c2)ccc1OC(=O)C1CC1. The van der Waals surface area contributed by atoms with Crippen molar-refractivity contribution in [2.24, 2.45) is 11.0 Å². The molecular formula is C22H24N2O5. The van der Waals surface area contributed by atoms with E-state index in [9.17, 15) is 9.59 Å². The maximum absolute atomic E-state index is 11.9. The maximum Gasteiger partial charge on any atom is 0.314 e. The van der Waals surface area contributed by atoms with E-state index in [4.69, 9.17) is 14.2 Å². The summed E-state index contributed by atoms with van der Waals surface area (Å²) < 4.78 is 16.1. The second-order valence-electron chi connectivity index (χ2n) is 7.01. The molecule has 1 aliphatic carbocycles. The van der Waals surface area contributed by atoms with Crippen molar-refractivity contribution < 1.29 is 23.8 Å². The Labute approximate surface area is 169 Å². The maximum atomic E-state index is 11.9. The standard InChI is InChI=1S/C22H24N2O5/c1-14-8-15(2)10-18(9-14)28-13-21(25)24-23-12-16-4-7-19(20(11-16)27-3)29-22(26)17-5-6-17/h4,7-12,17H,5-6,13H2,1-3H3,(H,24,25)/b23-12-. The van der Waals surface area contributed by atoms with Gasteiger partial charge in [0.05, 0.1) is 19.2 Å². The molecule has 0 radical (unpaired) electrons. The Bertz CT molecular complexity index is 915. The van der Waals surface area contributed by atoms with E-state index in [2.05, 4.69) is 10.5 Å². The predicted octanol–water partition coefficient (Wildman–Crippen LogP) is 3.16. The highest BCUT2D eigenvalue weighted by Crippen LogP contribution is 2.34. The lowest BCUT2D eigenvalue weighted by Crippen LogP contribution is -2.24. The van der Waals surface area contributed by atoms with Crippen LogP contribution in [0.3, 0.4) is 0 Å². The van der Waals surface area contributed by atoms with Crippen LogP contribution in [0.15, 0.2) is 41.5 Å². The minimum atomic E-state index is -0.373. The molecular weight excluding hydrogens is 372 g/mol. The first-order valence-corrected chi connectivity index (χ1v) is 9.37. The van der Waals surface area contributed by atoms with Crippen LogP contribution in [0.4, 0.5) is 0 Å². The normalized spacial score (nSPS) is 13.2. The number of aryl methyl sites for hydroxylation is 2. The molecule has 29 heavy (non-hydrogen) atoms. The van der Waals surface area contributed by atoms with Crippen molar-refractivity contribution in [2.75, 3.05) is 13.7 Å². The number of ether oxygens (including phenoxy) is 3. The van der Waals surface area contributed by atoms with E-state index in [0.717, 1.165) is 24.0 Å². The van der Waals surface area contributed by atoms with Gasteiger partial charge in [-0.05, 0) is 73.7 Å². The van der Waals surface area contributed by atoms with Crippen LogP contribution in [0.25, 0.3) is 0 Å². The van der Waals surface area contributed by atoms with Gasteiger partial charge >= 0.3 is 5.97 Å². The van der Waals surface area contributed by atoms with Gasteiger partial charge in [0, 0.05) is 0 Å². The van der Waals surface area contributed by atoms with Gasteiger partial charge in [-0.3, -0.25) is 9.59 Å². The lowest BCUT2D eigenvalue weighted by Gasteiger charge is -2.09. The average Bonchev–Trinajstić information content (AvgIpc) is 3.52. The molecule has 7 heteroatoms. The smallest absolute Gasteiger partial charge is 0.314 e. The third-order valence-electron chi connectivity index (χ3n) is 4.28. The number of carbonyl (C=O) groups is 2. The summed E-state index contributed by atoms with van der Waals surface area (Å²) in [7, 11) is 1.50. The first-order chi connectivity index (χ1) is 13.9. The molecule has 1 aliphatic rings. The molecule has 2 aromatic rings. The van der Waals surface area contributed by atoms with Crippen molar-refractivity contribution in [2.45, 2.75) is 26.7 Å². The van der Waals surface area contributed by atoms with Crippen LogP contribution < -0.4 is 19.6 Å². The van der Waals surface area contributed by atoms with Crippen molar-refractivity contribution in [1.82, 2.24) is 5.43 Å². The van der Waals surface area contributed by atoms with E-state index in [1.165, 1.54) is 13.3 Å². The second kappa shape index (κ2) is 9.23. The molecule has 0 spiro atoms. The topological polar surface area (TPSA) is 86.2 Å². The summed E-state index contributed by atoms with van der Waals surface area (Å²) >= 11 is 0. The minimum Gasteiger partial charge on any atom is -0.493 e. The van der Waals surface area contributed by atoms with Gasteiger partial charge in [0.15, 0.2) is 18.1 Å².